The molecule has 1 aliphatic carbocycles. The SMILES string of the molecule is C#CC(=O)CC(C)C.C#CC1(C(=O)CC(C)C)CC1.C=CC(=O)CC(C)C.C=CC(=O)N1CCCC1C(=O)NC(C)C.CC#CC(=O)CC(C)C.CC(C)CC(=O)/C=C/N(C)C.CC(C)CC(=O)C1CCCN1.CC(C)CC(=O)CC#N.CC(C)CC(=O)CF.CC/C=C/C(=O)CC(C)C.CCC#CC(=O)CC(C)C. The number of nitrogens with zero attached hydrogens (tertiary/aromatic N) is 3. The van der Waals surface area contributed by atoms with E-state index in [1.165, 1.54) is 12.2 Å². The van der Waals surface area contributed by atoms with Gasteiger partial charge in [0, 0.05) is 104 Å². The fourth-order valence-corrected chi connectivity index (χ4v) is 9.13. The highest BCUT2D eigenvalue weighted by Gasteiger charge is 2.47. The van der Waals surface area contributed by atoms with Crippen molar-refractivity contribution in [3.8, 4) is 54.4 Å². The van der Waals surface area contributed by atoms with Gasteiger partial charge in [0.05, 0.1) is 23.9 Å². The molecule has 3 aliphatic rings. The zero-order chi connectivity index (χ0) is 87.3. The Morgan fingerprint density at radius 3 is 1.33 bits per heavy atom. The van der Waals surface area contributed by atoms with Crippen LogP contribution in [0.5, 0.6) is 0 Å². The van der Waals surface area contributed by atoms with E-state index in [1.54, 1.807) is 30.2 Å². The van der Waals surface area contributed by atoms with Crippen molar-refractivity contribution >= 4 is 69.6 Å². The predicted octanol–water partition coefficient (Wildman–Crippen LogP) is 18.0. The maximum Gasteiger partial charge on any atom is 0.246 e. The van der Waals surface area contributed by atoms with Gasteiger partial charge in [0.2, 0.25) is 29.2 Å². The van der Waals surface area contributed by atoms with Gasteiger partial charge in [-0.2, -0.15) is 5.26 Å². The van der Waals surface area contributed by atoms with E-state index in [4.69, 9.17) is 18.1 Å². The minimum Gasteiger partial charge on any atom is -0.383 e. The third-order valence-electron chi connectivity index (χ3n) is 14.1. The number of likely N-dealkylation sites (tertiary alicyclic amines) is 1. The molecule has 0 bridgehead atoms. The Labute approximate surface area is 669 Å². The fraction of sp³-hybridized carbons (Fsp3) is 0.685. The number of terminal acetylenes is 2. The highest BCUT2D eigenvalue weighted by molar-refractivity contribution is 5.97. The van der Waals surface area contributed by atoms with Crippen LogP contribution in [-0.4, -0.2) is 131 Å². The van der Waals surface area contributed by atoms with Gasteiger partial charge in [0.1, 0.15) is 24.3 Å². The summed E-state index contributed by atoms with van der Waals surface area (Å²) < 4.78 is 11.4. The second-order valence-corrected chi connectivity index (χ2v) is 32.0. The molecule has 624 valence electrons. The van der Waals surface area contributed by atoms with Crippen molar-refractivity contribution in [1.29, 1.82) is 5.26 Å². The van der Waals surface area contributed by atoms with E-state index < -0.39 is 6.67 Å². The molecular formula is C92H152FN5O12. The van der Waals surface area contributed by atoms with Gasteiger partial charge in [-0.15, -0.1) is 12.8 Å². The van der Waals surface area contributed by atoms with Crippen LogP contribution in [0.15, 0.2) is 49.7 Å². The molecule has 1 saturated carbocycles. The van der Waals surface area contributed by atoms with Gasteiger partial charge in [0.25, 0.3) is 0 Å². The van der Waals surface area contributed by atoms with Gasteiger partial charge in [-0.05, 0) is 174 Å². The van der Waals surface area contributed by atoms with Crippen molar-refractivity contribution in [3.05, 3.63) is 49.7 Å². The standard InChI is InChI=1S/C11H18N2O2.C10H14O.2C9H17NO.C9H16O.C9H14O.C8H12O.C7H11NO.C7H12O.C7H10O.C6H11FO/c1-4-10(14)13-7-5-6-9(13)11(15)12-8(2)3;1-4-10(5-6-10)9(11)7-8(2)3;1-7(2)6-9(11)8-4-3-5-10-8;1-8(2)7-9(11)5-6-10(3)4;2*1-4-5-6-9(10)7-8(2)3;1-4-5-8(9)6-7(2)3;1-6(2)5-7(9)3-4-8;2*1-4-7(8)5-6(2)3;1-5(2)3-6(8)4-7/h4,8-9H,1,5-7H2,2-3H3,(H,12,15);1,8H,5-7H2,2-3H3;7-8,10H,3-6H2,1-2H3;5-6,8H,7H2,1-4H3;5-6,8H,4,7H2,1-3H3;8H,4,7H2,1-3H3;7H,6H2,1-3H3;6H,3,5H2,1-2H3;4,6H,1,5H2,2-3H3;1,6H,5H2,2-3H3;5H,3-4H2,1-2H3/b;;;2*6-5+;;;;;;. The first kappa shape index (κ1) is 118. The van der Waals surface area contributed by atoms with Crippen LogP contribution >= 0.6 is 0 Å². The van der Waals surface area contributed by atoms with Crippen molar-refractivity contribution in [2.45, 2.75) is 313 Å². The molecule has 0 aromatic rings. The van der Waals surface area contributed by atoms with Gasteiger partial charge in [-0.3, -0.25) is 57.5 Å². The van der Waals surface area contributed by atoms with Gasteiger partial charge < -0.3 is 20.4 Å². The summed E-state index contributed by atoms with van der Waals surface area (Å²) >= 11 is 0. The Morgan fingerprint density at radius 2 is 1.01 bits per heavy atom. The number of amides is 2. The zero-order valence-corrected chi connectivity index (χ0v) is 73.7. The molecule has 2 saturated heterocycles. The van der Waals surface area contributed by atoms with Crippen LogP contribution in [0, 0.1) is 124 Å². The molecule has 17 nitrogen and oxygen atoms in total. The predicted molar refractivity (Wildman–Crippen MR) is 453 cm³/mol. The molecule has 0 aromatic heterocycles. The number of alkyl halides is 1. The highest BCUT2D eigenvalue weighted by Crippen LogP contribution is 2.47. The molecule has 2 amide bonds. The van der Waals surface area contributed by atoms with Crippen LogP contribution < -0.4 is 10.6 Å². The Morgan fingerprint density at radius 1 is 0.573 bits per heavy atom. The molecule has 3 rings (SSSR count). The van der Waals surface area contributed by atoms with E-state index in [0.29, 0.717) is 129 Å². The molecule has 0 aromatic carbocycles. The maximum atomic E-state index is 11.7. The summed E-state index contributed by atoms with van der Waals surface area (Å²) in [5.41, 5.74) is -0.329. The first-order chi connectivity index (χ1) is 51.0. The number of Topliss-reactive ketones (excluding diaryl/α,β-unsaturated/α-hetero) is 7. The molecule has 3 fully saturated rings. The number of hydrogen-bond acceptors (Lipinski definition) is 15. The lowest BCUT2D eigenvalue weighted by Gasteiger charge is -2.23. The van der Waals surface area contributed by atoms with Crippen molar-refractivity contribution in [1.82, 2.24) is 20.4 Å². The molecule has 2 heterocycles. The van der Waals surface area contributed by atoms with Crippen LogP contribution in [0.1, 0.15) is 295 Å². The Hall–Kier alpha value is -7.98. The van der Waals surface area contributed by atoms with Crippen LogP contribution in [-0.2, 0) is 57.5 Å². The summed E-state index contributed by atoms with van der Waals surface area (Å²) in [5, 5.41) is 14.1. The number of carbonyl (C=O) groups is 12. The molecule has 110 heavy (non-hydrogen) atoms. The largest absolute Gasteiger partial charge is 0.383 e. The number of carbonyl (C=O) groups excluding carboxylic acids is 12. The quantitative estimate of drug-likeness (QED) is 0.0360. The maximum absolute atomic E-state index is 11.7. The molecule has 2 N–H and O–H groups in total. The second-order valence-electron chi connectivity index (χ2n) is 32.0. The topological polar surface area (TPSA) is 259 Å². The molecule has 2 atom stereocenters. The molecular weight excluding hydrogens is 1390 g/mol. The van der Waals surface area contributed by atoms with Crippen molar-refractivity contribution < 1.29 is 61.9 Å². The summed E-state index contributed by atoms with van der Waals surface area (Å²) in [6.45, 7) is 57.3. The summed E-state index contributed by atoms with van der Waals surface area (Å²) in [6, 6.07) is 1.80. The summed E-state index contributed by atoms with van der Waals surface area (Å²) in [5.74, 6) is 20.1. The molecule has 2 unspecified atom stereocenters. The first-order valence-corrected chi connectivity index (χ1v) is 39.7. The Kier molecular flexibility index (Phi) is 80.4. The fourth-order valence-electron chi connectivity index (χ4n) is 9.13. The number of nitriles is 1. The Bertz CT molecular complexity index is 2980. The minimum atomic E-state index is -0.807. The van der Waals surface area contributed by atoms with E-state index in [0.717, 1.165) is 64.3 Å². The molecule has 2 aliphatic heterocycles. The monoisotopic (exact) mass is 1540 g/mol. The smallest absolute Gasteiger partial charge is 0.246 e. The van der Waals surface area contributed by atoms with E-state index in [1.807, 2.05) is 170 Å². The number of hydrogen-bond donors (Lipinski definition) is 2. The van der Waals surface area contributed by atoms with Gasteiger partial charge in [-0.25, -0.2) is 4.39 Å². The molecule has 0 radical (unpaired) electrons. The average molecular weight is 1540 g/mol. The van der Waals surface area contributed by atoms with Crippen molar-refractivity contribution in [2.75, 3.05) is 33.9 Å². The normalized spacial score (nSPS) is 13.6. The van der Waals surface area contributed by atoms with Crippen LogP contribution in [0.2, 0.25) is 0 Å². The second kappa shape index (κ2) is 75.1. The van der Waals surface area contributed by atoms with E-state index in [9.17, 15) is 61.9 Å². The number of allylic oxidation sites excluding steroid dienone is 4. The number of ketones is 10. The lowest BCUT2D eigenvalue weighted by Crippen LogP contribution is -2.47. The van der Waals surface area contributed by atoms with Gasteiger partial charge in [-0.1, -0.05) is 189 Å². The first-order valence-electron chi connectivity index (χ1n) is 39.7. The minimum absolute atomic E-state index is 0.0486. The van der Waals surface area contributed by atoms with Gasteiger partial charge >= 0.3 is 0 Å². The van der Waals surface area contributed by atoms with Crippen molar-refractivity contribution in [3.63, 3.8) is 0 Å². The van der Waals surface area contributed by atoms with Crippen LogP contribution in [0.3, 0.4) is 0 Å². The summed E-state index contributed by atoms with van der Waals surface area (Å²) in [6.07, 6.45) is 33.1. The van der Waals surface area contributed by atoms with E-state index in [-0.39, 0.29) is 93.8 Å². The number of halogens is 1. The van der Waals surface area contributed by atoms with E-state index in [2.05, 4.69) is 87.0 Å². The van der Waals surface area contributed by atoms with Crippen LogP contribution in [0.25, 0.3) is 0 Å². The summed E-state index contributed by atoms with van der Waals surface area (Å²) in [7, 11) is 3.80. The third kappa shape index (κ3) is 87.2. The lowest BCUT2D eigenvalue weighted by molar-refractivity contribution is -0.135. The third-order valence-corrected chi connectivity index (χ3v) is 14.1. The highest BCUT2D eigenvalue weighted by atomic mass is 19.1. The molecule has 0 spiro atoms. The molecule has 18 heteroatoms. The Balaban J connectivity index is -0.000000174. The van der Waals surface area contributed by atoms with Gasteiger partial charge in [0.15, 0.2) is 28.9 Å². The summed E-state index contributed by atoms with van der Waals surface area (Å²) in [4.78, 5) is 135. The average Bonchev–Trinajstić information content (AvgIpc) is 1.65. The lowest BCUT2D eigenvalue weighted by atomic mass is 9.94. The van der Waals surface area contributed by atoms with Crippen LogP contribution in [0.4, 0.5) is 4.39 Å². The number of nitrogens with one attached hydrogen (secondary N) is 2. The van der Waals surface area contributed by atoms with Crippen molar-refractivity contribution in [2.24, 2.45) is 64.6 Å². The van der Waals surface area contributed by atoms with E-state index >= 15 is 0 Å². The number of rotatable bonds is 32. The zero-order valence-electron chi connectivity index (χ0n) is 73.7.